The molecule has 0 aliphatic carbocycles. The highest BCUT2D eigenvalue weighted by Gasteiger charge is 2.22. The Kier molecular flexibility index (Phi) is 6.41. The second-order valence-corrected chi connectivity index (χ2v) is 15.2. The van der Waals surface area contributed by atoms with Crippen molar-refractivity contribution in [2.24, 2.45) is 0 Å². The lowest BCUT2D eigenvalue weighted by atomic mass is 9.92. The summed E-state index contributed by atoms with van der Waals surface area (Å²) in [7, 11) is 0. The first-order valence-electron chi connectivity index (χ1n) is 19.8. The summed E-state index contributed by atoms with van der Waals surface area (Å²) < 4.78 is 18.1. The van der Waals surface area contributed by atoms with Crippen LogP contribution in [-0.4, -0.2) is 9.13 Å². The zero-order valence-corrected chi connectivity index (χ0v) is 31.2. The molecule has 0 atom stereocenters. The average molecular weight is 741 g/mol. The van der Waals surface area contributed by atoms with E-state index >= 15 is 0 Å². The fourth-order valence-corrected chi connectivity index (χ4v) is 9.58. The minimum absolute atomic E-state index is 0.880. The predicted molar refractivity (Wildman–Crippen MR) is 241 cm³/mol. The van der Waals surface area contributed by atoms with Gasteiger partial charge in [0.25, 0.3) is 0 Å². The SMILES string of the molecule is c1ccc(-c2cc3c4ccccc4n(-c4cccc5c4oc4ccccc45)c3cc2-c2ccc3c4ccccc4n(-c4cccc5c4oc4ccccc45)c3c2)cc1. The molecule has 0 saturated heterocycles. The van der Waals surface area contributed by atoms with Crippen molar-refractivity contribution in [3.8, 4) is 33.6 Å². The molecule has 4 heterocycles. The first-order valence-corrected chi connectivity index (χ1v) is 19.8. The minimum atomic E-state index is 0.880. The fraction of sp³-hybridized carbons (Fsp3) is 0. The van der Waals surface area contributed by atoms with Crippen molar-refractivity contribution in [3.05, 3.63) is 194 Å². The summed E-state index contributed by atoms with van der Waals surface area (Å²) in [5.41, 5.74) is 14.7. The molecule has 0 aliphatic rings. The summed E-state index contributed by atoms with van der Waals surface area (Å²) in [4.78, 5) is 0. The molecule has 13 aromatic rings. The molecule has 4 aromatic heterocycles. The molecule has 4 heteroatoms. The van der Waals surface area contributed by atoms with Crippen LogP contribution in [0.2, 0.25) is 0 Å². The largest absolute Gasteiger partial charge is 0.454 e. The molecule has 4 nitrogen and oxygen atoms in total. The van der Waals surface area contributed by atoms with Crippen molar-refractivity contribution >= 4 is 87.5 Å². The van der Waals surface area contributed by atoms with E-state index in [2.05, 4.69) is 191 Å². The Labute approximate surface area is 332 Å². The third-order valence-corrected chi connectivity index (χ3v) is 12.1. The fourth-order valence-electron chi connectivity index (χ4n) is 9.58. The highest BCUT2D eigenvalue weighted by molar-refractivity contribution is 6.17. The number of furan rings is 2. The Morgan fingerprint density at radius 2 is 0.741 bits per heavy atom. The first kappa shape index (κ1) is 31.4. The van der Waals surface area contributed by atoms with E-state index in [1.807, 2.05) is 12.1 Å². The van der Waals surface area contributed by atoms with Crippen molar-refractivity contribution in [1.29, 1.82) is 0 Å². The van der Waals surface area contributed by atoms with Crippen molar-refractivity contribution < 1.29 is 8.83 Å². The molecule has 0 N–H and O–H groups in total. The van der Waals surface area contributed by atoms with Crippen LogP contribution >= 0.6 is 0 Å². The third-order valence-electron chi connectivity index (χ3n) is 12.1. The lowest BCUT2D eigenvalue weighted by molar-refractivity contribution is 0.666. The van der Waals surface area contributed by atoms with E-state index in [1.165, 1.54) is 32.7 Å². The maximum Gasteiger partial charge on any atom is 0.159 e. The van der Waals surface area contributed by atoms with Crippen LogP contribution in [0.5, 0.6) is 0 Å². The number of nitrogens with zero attached hydrogens (tertiary/aromatic N) is 2. The van der Waals surface area contributed by atoms with Crippen LogP contribution in [0, 0.1) is 0 Å². The molecule has 13 rings (SSSR count). The van der Waals surface area contributed by atoms with Gasteiger partial charge in [-0.2, -0.15) is 0 Å². The monoisotopic (exact) mass is 740 g/mol. The maximum atomic E-state index is 6.66. The number of rotatable bonds is 4. The van der Waals surface area contributed by atoms with Crippen LogP contribution in [0.1, 0.15) is 0 Å². The van der Waals surface area contributed by atoms with E-state index in [9.17, 15) is 0 Å². The number of para-hydroxylation sites is 6. The Morgan fingerprint density at radius 3 is 1.36 bits per heavy atom. The van der Waals surface area contributed by atoms with Gasteiger partial charge in [0, 0.05) is 43.1 Å². The molecular weight excluding hydrogens is 709 g/mol. The number of aromatic nitrogens is 2. The molecule has 0 amide bonds. The molecule has 0 unspecified atom stereocenters. The van der Waals surface area contributed by atoms with Crippen molar-refractivity contribution in [2.45, 2.75) is 0 Å². The number of hydrogen-bond donors (Lipinski definition) is 0. The Morgan fingerprint density at radius 1 is 0.276 bits per heavy atom. The molecule has 0 spiro atoms. The van der Waals surface area contributed by atoms with E-state index < -0.39 is 0 Å². The van der Waals surface area contributed by atoms with Crippen LogP contribution < -0.4 is 0 Å². The van der Waals surface area contributed by atoms with E-state index in [0.29, 0.717) is 0 Å². The van der Waals surface area contributed by atoms with Gasteiger partial charge in [-0.15, -0.1) is 0 Å². The van der Waals surface area contributed by atoms with Gasteiger partial charge in [0.05, 0.1) is 33.4 Å². The van der Waals surface area contributed by atoms with Gasteiger partial charge in [0.2, 0.25) is 0 Å². The van der Waals surface area contributed by atoms with Gasteiger partial charge < -0.3 is 18.0 Å². The molecule has 0 fully saturated rings. The molecule has 0 aliphatic heterocycles. The van der Waals surface area contributed by atoms with E-state index in [4.69, 9.17) is 8.83 Å². The summed E-state index contributed by atoms with van der Waals surface area (Å²) in [6.45, 7) is 0. The van der Waals surface area contributed by atoms with Crippen LogP contribution in [0.4, 0.5) is 0 Å². The minimum Gasteiger partial charge on any atom is -0.454 e. The molecule has 9 aromatic carbocycles. The van der Waals surface area contributed by atoms with E-state index in [0.717, 1.165) is 88.4 Å². The summed E-state index contributed by atoms with van der Waals surface area (Å²) >= 11 is 0. The number of benzene rings is 9. The zero-order valence-electron chi connectivity index (χ0n) is 31.2. The van der Waals surface area contributed by atoms with Crippen molar-refractivity contribution in [2.75, 3.05) is 0 Å². The van der Waals surface area contributed by atoms with Crippen LogP contribution in [0.25, 0.3) is 121 Å². The molecule has 0 bridgehead atoms. The van der Waals surface area contributed by atoms with Crippen molar-refractivity contribution in [3.63, 3.8) is 0 Å². The summed E-state index contributed by atoms with van der Waals surface area (Å²) in [5, 5.41) is 9.25. The van der Waals surface area contributed by atoms with Gasteiger partial charge in [-0.05, 0) is 76.9 Å². The Hall–Kier alpha value is -7.82. The number of hydrogen-bond acceptors (Lipinski definition) is 2. The third kappa shape index (κ3) is 4.34. The van der Waals surface area contributed by atoms with Crippen LogP contribution in [0.15, 0.2) is 203 Å². The standard InChI is InChI=1S/C54H32N2O2/c1-2-14-33(15-3-1)42-31-44-36-17-5-9-23-46(36)56(48-25-13-21-41-39-19-7-11-27-52(39)58-54(41)48)50(44)32-43(42)34-28-29-37-35-16-4-8-22-45(35)55(49(37)30-34)47-24-12-20-40-38-18-6-10-26-51(38)57-53(40)47/h1-32H. The highest BCUT2D eigenvalue weighted by atomic mass is 16.3. The molecular formula is C54H32N2O2. The van der Waals surface area contributed by atoms with Gasteiger partial charge in [0.15, 0.2) is 11.2 Å². The second-order valence-electron chi connectivity index (χ2n) is 15.2. The predicted octanol–water partition coefficient (Wildman–Crippen LogP) is 15.0. The highest BCUT2D eigenvalue weighted by Crippen LogP contribution is 2.45. The van der Waals surface area contributed by atoms with Gasteiger partial charge >= 0.3 is 0 Å². The number of fused-ring (bicyclic) bond motifs is 12. The summed E-state index contributed by atoms with van der Waals surface area (Å²) in [6.07, 6.45) is 0. The van der Waals surface area contributed by atoms with E-state index in [-0.39, 0.29) is 0 Å². The van der Waals surface area contributed by atoms with Crippen LogP contribution in [0.3, 0.4) is 0 Å². The quantitative estimate of drug-likeness (QED) is 0.180. The Balaban J connectivity index is 1.13. The summed E-state index contributed by atoms with van der Waals surface area (Å²) in [5.74, 6) is 0. The van der Waals surface area contributed by atoms with Crippen LogP contribution in [-0.2, 0) is 0 Å². The summed E-state index contributed by atoms with van der Waals surface area (Å²) in [6, 6.07) is 69.6. The lowest BCUT2D eigenvalue weighted by Crippen LogP contribution is -1.96. The van der Waals surface area contributed by atoms with E-state index in [1.54, 1.807) is 0 Å². The second kappa shape index (κ2) is 11.8. The Bertz CT molecular complexity index is 3800. The van der Waals surface area contributed by atoms with Gasteiger partial charge in [0.1, 0.15) is 11.2 Å². The topological polar surface area (TPSA) is 36.1 Å². The molecule has 270 valence electrons. The maximum absolute atomic E-state index is 6.66. The normalized spacial score (nSPS) is 12.1. The van der Waals surface area contributed by atoms with Gasteiger partial charge in [-0.1, -0.05) is 140 Å². The zero-order chi connectivity index (χ0) is 37.9. The molecule has 0 radical (unpaired) electrons. The lowest BCUT2D eigenvalue weighted by Gasteiger charge is -2.15. The first-order chi connectivity index (χ1) is 28.8. The van der Waals surface area contributed by atoms with Gasteiger partial charge in [-0.3, -0.25) is 0 Å². The smallest absolute Gasteiger partial charge is 0.159 e. The average Bonchev–Trinajstić information content (AvgIpc) is 4.04. The van der Waals surface area contributed by atoms with Crippen molar-refractivity contribution in [1.82, 2.24) is 9.13 Å². The molecule has 0 saturated carbocycles. The van der Waals surface area contributed by atoms with Gasteiger partial charge in [-0.25, -0.2) is 0 Å². The molecule has 58 heavy (non-hydrogen) atoms.